The summed E-state index contributed by atoms with van der Waals surface area (Å²) in [6, 6.07) is 0. The minimum atomic E-state index is -0.780. The summed E-state index contributed by atoms with van der Waals surface area (Å²) in [5.74, 6) is -0.878. The Balaban J connectivity index is 4.37. The molecule has 0 radical (unpaired) electrons. The summed E-state index contributed by atoms with van der Waals surface area (Å²) in [6.07, 6.45) is 73.5. The Morgan fingerprint density at radius 1 is 0.300 bits per heavy atom. The van der Waals surface area contributed by atoms with Crippen LogP contribution in [-0.4, -0.2) is 37.2 Å². The second kappa shape index (κ2) is 58.7. The number of esters is 3. The zero-order chi connectivity index (χ0) is 50.7. The molecule has 0 aromatic carbocycles. The second-order valence-electron chi connectivity index (χ2n) is 20.2. The Kier molecular flexibility index (Phi) is 56.3. The number of hydrogen-bond donors (Lipinski definition) is 0. The van der Waals surface area contributed by atoms with Gasteiger partial charge in [0.05, 0.1) is 0 Å². The summed E-state index contributed by atoms with van der Waals surface area (Å²) < 4.78 is 16.9. The van der Waals surface area contributed by atoms with Crippen LogP contribution in [0.15, 0.2) is 60.8 Å². The molecule has 0 saturated heterocycles. The topological polar surface area (TPSA) is 78.9 Å². The van der Waals surface area contributed by atoms with Gasteiger partial charge in [-0.3, -0.25) is 14.4 Å². The summed E-state index contributed by atoms with van der Waals surface area (Å²) in [4.78, 5) is 38.2. The fourth-order valence-corrected chi connectivity index (χ4v) is 8.72. The molecule has 0 heterocycles. The van der Waals surface area contributed by atoms with E-state index in [0.717, 1.165) is 89.9 Å². The highest BCUT2D eigenvalue weighted by atomic mass is 16.6. The van der Waals surface area contributed by atoms with E-state index in [1.165, 1.54) is 180 Å². The molecule has 0 aliphatic rings. The molecule has 6 nitrogen and oxygen atoms in total. The molecule has 406 valence electrons. The largest absolute Gasteiger partial charge is 0.462 e. The summed E-state index contributed by atoms with van der Waals surface area (Å²) in [5, 5.41) is 0. The van der Waals surface area contributed by atoms with Crippen LogP contribution in [0.1, 0.15) is 310 Å². The van der Waals surface area contributed by atoms with Gasteiger partial charge in [0.2, 0.25) is 0 Å². The lowest BCUT2D eigenvalue weighted by atomic mass is 10.0. The summed E-state index contributed by atoms with van der Waals surface area (Å²) >= 11 is 0. The molecule has 0 aliphatic heterocycles. The van der Waals surface area contributed by atoms with Gasteiger partial charge in [0.25, 0.3) is 0 Å². The third-order valence-electron chi connectivity index (χ3n) is 13.3. The average molecular weight is 980 g/mol. The van der Waals surface area contributed by atoms with Gasteiger partial charge in [-0.1, -0.05) is 268 Å². The first kappa shape index (κ1) is 67.1. The van der Waals surface area contributed by atoms with Gasteiger partial charge in [0.1, 0.15) is 13.2 Å². The van der Waals surface area contributed by atoms with Crippen molar-refractivity contribution in [3.05, 3.63) is 60.8 Å². The van der Waals surface area contributed by atoms with Crippen LogP contribution in [0.25, 0.3) is 0 Å². The van der Waals surface area contributed by atoms with Crippen LogP contribution in [0.5, 0.6) is 0 Å². The first-order valence-electron chi connectivity index (χ1n) is 30.3. The van der Waals surface area contributed by atoms with Crippen molar-refractivity contribution < 1.29 is 28.6 Å². The van der Waals surface area contributed by atoms with Crippen LogP contribution < -0.4 is 0 Å². The molecular formula is C64H114O6. The Morgan fingerprint density at radius 2 is 0.557 bits per heavy atom. The molecule has 1 unspecified atom stereocenters. The van der Waals surface area contributed by atoms with Gasteiger partial charge >= 0.3 is 17.9 Å². The summed E-state index contributed by atoms with van der Waals surface area (Å²) in [7, 11) is 0. The van der Waals surface area contributed by atoms with Gasteiger partial charge in [-0.15, -0.1) is 0 Å². The van der Waals surface area contributed by atoms with E-state index in [1.807, 2.05) is 0 Å². The lowest BCUT2D eigenvalue weighted by Gasteiger charge is -2.18. The van der Waals surface area contributed by atoms with Crippen LogP contribution in [0, 0.1) is 0 Å². The molecule has 0 amide bonds. The third kappa shape index (κ3) is 56.0. The van der Waals surface area contributed by atoms with Gasteiger partial charge in [-0.05, 0) is 83.5 Å². The standard InChI is InChI=1S/C64H114O6/c1-4-7-10-13-16-19-22-25-28-30-32-34-36-39-42-45-48-51-54-57-63(66)69-60-61(59-68-62(65)56-53-50-47-44-41-38-27-24-21-18-15-12-9-6-3)70-64(67)58-55-52-49-46-43-40-37-35-33-31-29-26-23-20-17-14-11-8-5-2/h7,10,16,19,25-26,28-29,32,34,61H,4-6,8-9,11-15,17-18,20-24,27,30-31,33,35-60H2,1-3H3/b10-7-,19-16-,28-25-,29-26-,34-32-. The van der Waals surface area contributed by atoms with Crippen molar-refractivity contribution >= 4 is 17.9 Å². The lowest BCUT2D eigenvalue weighted by molar-refractivity contribution is -0.167. The number of allylic oxidation sites excluding steroid dienone is 10. The van der Waals surface area contributed by atoms with E-state index in [2.05, 4.69) is 81.5 Å². The number of carbonyl (C=O) groups is 3. The molecule has 1 atom stereocenters. The lowest BCUT2D eigenvalue weighted by Crippen LogP contribution is -2.30. The van der Waals surface area contributed by atoms with Crippen molar-refractivity contribution in [2.75, 3.05) is 13.2 Å². The summed E-state index contributed by atoms with van der Waals surface area (Å²) in [6.45, 7) is 6.55. The highest BCUT2D eigenvalue weighted by Crippen LogP contribution is 2.16. The molecule has 0 N–H and O–H groups in total. The monoisotopic (exact) mass is 979 g/mol. The van der Waals surface area contributed by atoms with E-state index in [-0.39, 0.29) is 31.1 Å². The number of hydrogen-bond acceptors (Lipinski definition) is 6. The van der Waals surface area contributed by atoms with Crippen LogP contribution >= 0.6 is 0 Å². The van der Waals surface area contributed by atoms with E-state index in [9.17, 15) is 14.4 Å². The van der Waals surface area contributed by atoms with E-state index in [0.29, 0.717) is 19.3 Å². The SMILES string of the molecule is CC/C=C\C/C=C\C/C=C\C/C=C\CCCCCCCCC(=O)OCC(COC(=O)CCCCCCCCCCCCCCCC)OC(=O)CCCCCCCCCCC/C=C\CCCCCCCC. The van der Waals surface area contributed by atoms with Crippen molar-refractivity contribution in [2.24, 2.45) is 0 Å². The number of rotatable bonds is 55. The maximum atomic E-state index is 12.9. The maximum Gasteiger partial charge on any atom is 0.306 e. The highest BCUT2D eigenvalue weighted by molar-refractivity contribution is 5.71. The molecule has 0 aliphatic carbocycles. The zero-order valence-electron chi connectivity index (χ0n) is 46.5. The van der Waals surface area contributed by atoms with Gasteiger partial charge < -0.3 is 14.2 Å². The van der Waals surface area contributed by atoms with Crippen molar-refractivity contribution in [3.8, 4) is 0 Å². The molecule has 0 bridgehead atoms. The minimum Gasteiger partial charge on any atom is -0.462 e. The number of carbonyl (C=O) groups excluding carboxylic acids is 3. The molecule has 6 heteroatoms. The molecule has 0 fully saturated rings. The van der Waals surface area contributed by atoms with E-state index in [4.69, 9.17) is 14.2 Å². The van der Waals surface area contributed by atoms with Crippen molar-refractivity contribution in [3.63, 3.8) is 0 Å². The van der Waals surface area contributed by atoms with Gasteiger partial charge in [-0.25, -0.2) is 0 Å². The van der Waals surface area contributed by atoms with E-state index < -0.39 is 6.10 Å². The Morgan fingerprint density at radius 3 is 0.886 bits per heavy atom. The molecule has 70 heavy (non-hydrogen) atoms. The Hall–Kier alpha value is -2.89. The smallest absolute Gasteiger partial charge is 0.306 e. The van der Waals surface area contributed by atoms with Crippen molar-refractivity contribution in [2.45, 2.75) is 316 Å². The molecule has 0 rings (SSSR count). The predicted molar refractivity (Wildman–Crippen MR) is 302 cm³/mol. The van der Waals surface area contributed by atoms with Crippen LogP contribution in [-0.2, 0) is 28.6 Å². The molecule has 0 saturated carbocycles. The van der Waals surface area contributed by atoms with Crippen LogP contribution in [0.2, 0.25) is 0 Å². The second-order valence-corrected chi connectivity index (χ2v) is 20.2. The normalized spacial score (nSPS) is 12.4. The van der Waals surface area contributed by atoms with E-state index in [1.54, 1.807) is 0 Å². The minimum absolute atomic E-state index is 0.0765. The number of unbranched alkanes of at least 4 members (excludes halogenated alkanes) is 34. The molecule has 0 aromatic rings. The van der Waals surface area contributed by atoms with Gasteiger partial charge in [-0.2, -0.15) is 0 Å². The first-order valence-corrected chi connectivity index (χ1v) is 30.3. The van der Waals surface area contributed by atoms with Gasteiger partial charge in [0.15, 0.2) is 6.10 Å². The summed E-state index contributed by atoms with van der Waals surface area (Å²) in [5.41, 5.74) is 0. The predicted octanol–water partition coefficient (Wildman–Crippen LogP) is 20.4. The first-order chi connectivity index (χ1) is 34.5. The molecule has 0 aromatic heterocycles. The number of ether oxygens (including phenoxy) is 3. The van der Waals surface area contributed by atoms with Crippen molar-refractivity contribution in [1.82, 2.24) is 0 Å². The third-order valence-corrected chi connectivity index (χ3v) is 13.3. The van der Waals surface area contributed by atoms with Crippen molar-refractivity contribution in [1.29, 1.82) is 0 Å². The van der Waals surface area contributed by atoms with Crippen LogP contribution in [0.4, 0.5) is 0 Å². The zero-order valence-corrected chi connectivity index (χ0v) is 46.5. The quantitative estimate of drug-likeness (QED) is 0.0261. The fraction of sp³-hybridized carbons (Fsp3) is 0.797. The Labute approximate surface area is 434 Å². The highest BCUT2D eigenvalue weighted by Gasteiger charge is 2.19. The van der Waals surface area contributed by atoms with E-state index >= 15 is 0 Å². The van der Waals surface area contributed by atoms with Crippen LogP contribution in [0.3, 0.4) is 0 Å². The average Bonchev–Trinajstić information content (AvgIpc) is 3.36. The molecular weight excluding hydrogens is 865 g/mol. The Bertz CT molecular complexity index is 1260. The molecule has 0 spiro atoms. The maximum absolute atomic E-state index is 12.9. The fourth-order valence-electron chi connectivity index (χ4n) is 8.72. The van der Waals surface area contributed by atoms with Gasteiger partial charge in [0, 0.05) is 19.3 Å².